The summed E-state index contributed by atoms with van der Waals surface area (Å²) in [6, 6.07) is 1.24. The number of carbonyl (C=O) groups excluding carboxylic acids is 2. The first-order valence-corrected chi connectivity index (χ1v) is 9.01. The van der Waals surface area contributed by atoms with Gasteiger partial charge in [-0.1, -0.05) is 24.3 Å². The lowest BCUT2D eigenvalue weighted by atomic mass is 10.1. The molecule has 0 aliphatic rings. The molecule has 0 atom stereocenters. The van der Waals surface area contributed by atoms with Crippen LogP contribution >= 0.6 is 11.6 Å². The lowest BCUT2D eigenvalue weighted by molar-refractivity contribution is -0.161. The highest BCUT2D eigenvalue weighted by molar-refractivity contribution is 6.33. The Morgan fingerprint density at radius 1 is 1.22 bits per heavy atom. The number of hydrogen-bond acceptors (Lipinski definition) is 6. The molecule has 0 aliphatic heterocycles. The van der Waals surface area contributed by atoms with Gasteiger partial charge in [-0.3, -0.25) is 4.79 Å². The molecule has 1 heterocycles. The minimum atomic E-state index is -5.03. The summed E-state index contributed by atoms with van der Waals surface area (Å²) in [5, 5.41) is -0.511. The van der Waals surface area contributed by atoms with Crippen LogP contribution in [0.2, 0.25) is 5.02 Å². The van der Waals surface area contributed by atoms with Gasteiger partial charge in [-0.25, -0.2) is 23.3 Å². The van der Waals surface area contributed by atoms with E-state index in [2.05, 4.69) is 6.58 Å². The van der Waals surface area contributed by atoms with E-state index in [0.29, 0.717) is 12.1 Å². The van der Waals surface area contributed by atoms with E-state index in [-0.39, 0.29) is 17.2 Å². The minimum Gasteiger partial charge on any atom is -0.459 e. The van der Waals surface area contributed by atoms with Crippen LogP contribution in [0, 0.1) is 5.82 Å². The number of aromatic amines is 1. The summed E-state index contributed by atoms with van der Waals surface area (Å²) in [6.45, 7) is 5.58. The van der Waals surface area contributed by atoms with Gasteiger partial charge in [-0.2, -0.15) is 13.2 Å². The molecule has 2 aromatic rings. The Morgan fingerprint density at radius 2 is 1.84 bits per heavy atom. The lowest BCUT2D eigenvalue weighted by Crippen LogP contribution is -2.39. The largest absolute Gasteiger partial charge is 0.459 e. The highest BCUT2D eigenvalue weighted by Crippen LogP contribution is 2.27. The first-order valence-electron chi connectivity index (χ1n) is 8.63. The first kappa shape index (κ1) is 24.9. The molecule has 0 fully saturated rings. The number of esters is 2. The van der Waals surface area contributed by atoms with Crippen molar-refractivity contribution in [2.75, 3.05) is 6.61 Å². The molecule has 0 saturated heterocycles. The second-order valence-electron chi connectivity index (χ2n) is 6.73. The van der Waals surface area contributed by atoms with Gasteiger partial charge in [0.1, 0.15) is 18.1 Å². The number of rotatable bonds is 6. The summed E-state index contributed by atoms with van der Waals surface area (Å²) in [7, 11) is 0. The molecule has 1 aromatic carbocycles. The number of halogens is 5. The van der Waals surface area contributed by atoms with Crippen molar-refractivity contribution >= 4 is 23.5 Å². The molecule has 13 heteroatoms. The average Bonchev–Trinajstić information content (AvgIpc) is 2.65. The van der Waals surface area contributed by atoms with Crippen molar-refractivity contribution in [2.24, 2.45) is 0 Å². The van der Waals surface area contributed by atoms with Crippen LogP contribution in [0.1, 0.15) is 29.9 Å². The molecule has 2 rings (SSSR count). The van der Waals surface area contributed by atoms with E-state index in [9.17, 15) is 36.7 Å². The minimum absolute atomic E-state index is 0.0428. The topological polar surface area (TPSA) is 107 Å². The Bertz CT molecular complexity index is 1170. The number of aromatic nitrogens is 2. The van der Waals surface area contributed by atoms with E-state index in [1.54, 1.807) is 0 Å². The summed E-state index contributed by atoms with van der Waals surface area (Å²) in [4.78, 5) is 50.1. The first-order chi connectivity index (χ1) is 14.7. The second-order valence-corrected chi connectivity index (χ2v) is 7.14. The van der Waals surface area contributed by atoms with Gasteiger partial charge < -0.3 is 14.5 Å². The monoisotopic (exact) mass is 478 g/mol. The van der Waals surface area contributed by atoms with Gasteiger partial charge in [0.2, 0.25) is 5.60 Å². The SMILES string of the molecule is C=CCOC(=O)C(C)(C)OC(=O)c1cc(-n2c(=O)cc(C(F)(F)F)[nH]c2=O)c(F)cc1Cl. The molecule has 8 nitrogen and oxygen atoms in total. The lowest BCUT2D eigenvalue weighted by Gasteiger charge is -2.23. The molecule has 1 aromatic heterocycles. The van der Waals surface area contributed by atoms with Crippen LogP contribution in [0.4, 0.5) is 17.6 Å². The van der Waals surface area contributed by atoms with Crippen molar-refractivity contribution in [1.29, 1.82) is 0 Å². The molecule has 0 unspecified atom stereocenters. The maximum atomic E-state index is 14.4. The van der Waals surface area contributed by atoms with Gasteiger partial charge in [-0.15, -0.1) is 0 Å². The van der Waals surface area contributed by atoms with Gasteiger partial charge >= 0.3 is 23.8 Å². The number of alkyl halides is 3. The standard InChI is InChI=1S/C19H15ClF4N2O6/c1-4-5-31-16(29)18(2,3)32-15(28)9-6-12(11(21)7-10(9)20)26-14(27)8-13(19(22,23)24)25-17(26)30/h4,6-8H,1,5H2,2-3H3,(H,25,30). The summed E-state index contributed by atoms with van der Waals surface area (Å²) >= 11 is 5.85. The fourth-order valence-electron chi connectivity index (χ4n) is 2.38. The fourth-order valence-corrected chi connectivity index (χ4v) is 2.61. The highest BCUT2D eigenvalue weighted by Gasteiger charge is 2.36. The van der Waals surface area contributed by atoms with Gasteiger partial charge in [0.25, 0.3) is 5.56 Å². The van der Waals surface area contributed by atoms with Crippen molar-refractivity contribution in [3.05, 3.63) is 73.8 Å². The third-order valence-corrected chi connectivity index (χ3v) is 4.22. The molecule has 0 amide bonds. The predicted octanol–water partition coefficient (Wildman–Crippen LogP) is 3.00. The van der Waals surface area contributed by atoms with E-state index >= 15 is 0 Å². The van der Waals surface area contributed by atoms with Crippen LogP contribution < -0.4 is 11.2 Å². The molecule has 1 N–H and O–H groups in total. The Hall–Kier alpha value is -3.41. The summed E-state index contributed by atoms with van der Waals surface area (Å²) in [6.07, 6.45) is -3.76. The Labute approximate surface area is 182 Å². The third kappa shape index (κ3) is 5.25. The zero-order valence-electron chi connectivity index (χ0n) is 16.5. The van der Waals surface area contributed by atoms with E-state index in [4.69, 9.17) is 21.1 Å². The van der Waals surface area contributed by atoms with E-state index in [1.165, 1.54) is 24.9 Å². The Kier molecular flexibility index (Phi) is 6.98. The fraction of sp³-hybridized carbons (Fsp3) is 0.263. The van der Waals surface area contributed by atoms with Crippen molar-refractivity contribution < 1.29 is 36.6 Å². The smallest absolute Gasteiger partial charge is 0.431 e. The molecule has 0 radical (unpaired) electrons. The number of hydrogen-bond donors (Lipinski definition) is 1. The molecule has 0 aliphatic carbocycles. The normalized spacial score (nSPS) is 11.7. The molecule has 0 spiro atoms. The molecule has 0 bridgehead atoms. The number of H-pyrrole nitrogens is 1. The van der Waals surface area contributed by atoms with Gasteiger partial charge in [-0.05, 0) is 26.0 Å². The zero-order chi connectivity index (χ0) is 24.4. The number of ether oxygens (including phenoxy) is 2. The van der Waals surface area contributed by atoms with Crippen LogP contribution in [0.5, 0.6) is 0 Å². The highest BCUT2D eigenvalue weighted by atomic mass is 35.5. The number of benzene rings is 1. The second kappa shape index (κ2) is 8.99. The number of carbonyl (C=O) groups is 2. The van der Waals surface area contributed by atoms with E-state index in [1.807, 2.05) is 0 Å². The Balaban J connectivity index is 2.53. The van der Waals surface area contributed by atoms with Crippen molar-refractivity contribution in [3.8, 4) is 5.69 Å². The number of nitrogens with zero attached hydrogens (tertiary/aromatic N) is 1. The van der Waals surface area contributed by atoms with Gasteiger partial charge in [0.15, 0.2) is 0 Å². The van der Waals surface area contributed by atoms with E-state index in [0.717, 1.165) is 0 Å². The molecular formula is C19H15ClF4N2O6. The van der Waals surface area contributed by atoms with Crippen LogP contribution in [-0.4, -0.2) is 33.7 Å². The average molecular weight is 479 g/mol. The van der Waals surface area contributed by atoms with Crippen LogP contribution in [-0.2, 0) is 20.4 Å². The van der Waals surface area contributed by atoms with Crippen molar-refractivity contribution in [2.45, 2.75) is 25.6 Å². The Morgan fingerprint density at radius 3 is 2.38 bits per heavy atom. The van der Waals surface area contributed by atoms with Crippen molar-refractivity contribution in [1.82, 2.24) is 9.55 Å². The quantitative estimate of drug-likeness (QED) is 0.388. The maximum Gasteiger partial charge on any atom is 0.431 e. The molecule has 32 heavy (non-hydrogen) atoms. The third-order valence-electron chi connectivity index (χ3n) is 3.91. The summed E-state index contributed by atoms with van der Waals surface area (Å²) < 4.78 is 62.6. The number of nitrogens with one attached hydrogen (secondary N) is 1. The predicted molar refractivity (Wildman–Crippen MR) is 103 cm³/mol. The molecular weight excluding hydrogens is 464 g/mol. The summed E-state index contributed by atoms with van der Waals surface area (Å²) in [5.74, 6) is -3.49. The van der Waals surface area contributed by atoms with Crippen LogP contribution in [0.3, 0.4) is 0 Å². The van der Waals surface area contributed by atoms with E-state index < -0.39 is 62.7 Å². The molecule has 172 valence electrons. The van der Waals surface area contributed by atoms with Crippen molar-refractivity contribution in [3.63, 3.8) is 0 Å². The van der Waals surface area contributed by atoms with Gasteiger partial charge in [0, 0.05) is 6.07 Å². The van der Waals surface area contributed by atoms with Gasteiger partial charge in [0.05, 0.1) is 16.3 Å². The zero-order valence-corrected chi connectivity index (χ0v) is 17.3. The maximum absolute atomic E-state index is 14.4. The summed E-state index contributed by atoms with van der Waals surface area (Å²) in [5.41, 5.74) is -8.03. The van der Waals surface area contributed by atoms with Crippen LogP contribution in [0.15, 0.2) is 40.4 Å². The van der Waals surface area contributed by atoms with Crippen LogP contribution in [0.25, 0.3) is 5.69 Å². The molecule has 0 saturated carbocycles.